The van der Waals surface area contributed by atoms with Crippen molar-refractivity contribution in [3.05, 3.63) is 45.7 Å². The predicted molar refractivity (Wildman–Crippen MR) is 72.9 cm³/mol. The summed E-state index contributed by atoms with van der Waals surface area (Å²) < 4.78 is 19.1. The zero-order valence-corrected chi connectivity index (χ0v) is 11.7. The topological polar surface area (TPSA) is 42.4 Å². The summed E-state index contributed by atoms with van der Waals surface area (Å²) in [7, 11) is 0. The van der Waals surface area contributed by atoms with Crippen LogP contribution in [0.2, 0.25) is 0 Å². The molecule has 0 radical (unpaired) electrons. The van der Waals surface area contributed by atoms with Gasteiger partial charge in [0, 0.05) is 5.38 Å². The van der Waals surface area contributed by atoms with Gasteiger partial charge in [-0.3, -0.25) is 0 Å². The third-order valence-corrected chi connectivity index (χ3v) is 3.76. The quantitative estimate of drug-likeness (QED) is 0.912. The van der Waals surface area contributed by atoms with Crippen molar-refractivity contribution in [2.45, 2.75) is 33.0 Å². The van der Waals surface area contributed by atoms with Gasteiger partial charge in [0.05, 0.1) is 16.8 Å². The van der Waals surface area contributed by atoms with Gasteiger partial charge in [-0.1, -0.05) is 13.0 Å². The highest BCUT2D eigenvalue weighted by atomic mass is 32.1. The summed E-state index contributed by atoms with van der Waals surface area (Å²) in [5.41, 5.74) is 1.34. The Kier molecular flexibility index (Phi) is 4.50. The molecule has 0 aliphatic rings. The predicted octanol–water partition coefficient (Wildman–Crippen LogP) is 3.48. The van der Waals surface area contributed by atoms with Crippen molar-refractivity contribution in [2.24, 2.45) is 0 Å². The molecule has 5 heteroatoms. The minimum absolute atomic E-state index is 0.176. The third-order valence-electron chi connectivity index (χ3n) is 2.72. The van der Waals surface area contributed by atoms with Crippen LogP contribution in [0.15, 0.2) is 23.6 Å². The van der Waals surface area contributed by atoms with Gasteiger partial charge in [0.25, 0.3) is 0 Å². The lowest BCUT2D eigenvalue weighted by Gasteiger charge is -2.09. The Labute approximate surface area is 115 Å². The number of thiazole rings is 1. The lowest BCUT2D eigenvalue weighted by molar-refractivity contribution is 0.198. The normalized spacial score (nSPS) is 12.4. The number of rotatable bonds is 5. The number of aliphatic hydroxyl groups excluding tert-OH is 1. The second kappa shape index (κ2) is 6.12. The molecule has 19 heavy (non-hydrogen) atoms. The van der Waals surface area contributed by atoms with E-state index in [2.05, 4.69) is 4.98 Å². The molecule has 3 nitrogen and oxygen atoms in total. The summed E-state index contributed by atoms with van der Waals surface area (Å²) >= 11 is 1.58. The molecule has 0 spiro atoms. The Morgan fingerprint density at radius 1 is 1.47 bits per heavy atom. The molecule has 102 valence electrons. The van der Waals surface area contributed by atoms with E-state index in [1.807, 2.05) is 12.3 Å². The van der Waals surface area contributed by atoms with Crippen molar-refractivity contribution in [2.75, 3.05) is 0 Å². The average molecular weight is 281 g/mol. The lowest BCUT2D eigenvalue weighted by Crippen LogP contribution is -1.99. The van der Waals surface area contributed by atoms with Crippen molar-refractivity contribution >= 4 is 11.3 Å². The zero-order valence-electron chi connectivity index (χ0n) is 10.9. The third kappa shape index (κ3) is 3.52. The summed E-state index contributed by atoms with van der Waals surface area (Å²) in [6.07, 6.45) is 0.205. The van der Waals surface area contributed by atoms with E-state index in [0.717, 1.165) is 17.1 Å². The number of aliphatic hydroxyl groups is 1. The molecule has 0 amide bonds. The molecular weight excluding hydrogens is 265 g/mol. The van der Waals surface area contributed by atoms with Crippen molar-refractivity contribution < 1.29 is 14.2 Å². The van der Waals surface area contributed by atoms with E-state index in [1.54, 1.807) is 24.3 Å². The van der Waals surface area contributed by atoms with E-state index in [1.165, 1.54) is 12.1 Å². The minimum atomic E-state index is -0.686. The van der Waals surface area contributed by atoms with Crippen LogP contribution in [0.4, 0.5) is 4.39 Å². The molecule has 0 saturated carbocycles. The van der Waals surface area contributed by atoms with E-state index in [-0.39, 0.29) is 12.4 Å². The molecule has 0 fully saturated rings. The molecule has 1 aromatic heterocycles. The number of hydrogen-bond acceptors (Lipinski definition) is 4. The maximum absolute atomic E-state index is 13.7. The minimum Gasteiger partial charge on any atom is -0.484 e. The van der Waals surface area contributed by atoms with E-state index < -0.39 is 11.9 Å². The van der Waals surface area contributed by atoms with E-state index in [0.29, 0.717) is 5.56 Å². The van der Waals surface area contributed by atoms with Crippen molar-refractivity contribution in [3.8, 4) is 5.75 Å². The van der Waals surface area contributed by atoms with Crippen LogP contribution in [0.25, 0.3) is 0 Å². The highest BCUT2D eigenvalue weighted by Gasteiger charge is 2.09. The summed E-state index contributed by atoms with van der Waals surface area (Å²) in [5.74, 6) is -0.292. The van der Waals surface area contributed by atoms with E-state index in [9.17, 15) is 9.50 Å². The lowest BCUT2D eigenvalue weighted by atomic mass is 10.1. The maximum Gasteiger partial charge on any atom is 0.165 e. The standard InChI is InChI=1S/C14H16FNO2S/c1-3-14-16-11(8-19-14)7-18-13-5-4-10(9(2)17)6-12(13)15/h4-6,8-9,17H,3,7H2,1-2H3/t9-/m1/s1. The SMILES string of the molecule is CCc1nc(COc2ccc([C@@H](C)O)cc2F)cs1. The summed E-state index contributed by atoms with van der Waals surface area (Å²) in [5, 5.41) is 12.3. The number of nitrogens with zero attached hydrogens (tertiary/aromatic N) is 1. The van der Waals surface area contributed by atoms with Crippen molar-refractivity contribution in [1.82, 2.24) is 4.98 Å². The maximum atomic E-state index is 13.7. The van der Waals surface area contributed by atoms with Crippen LogP contribution in [-0.4, -0.2) is 10.1 Å². The number of aromatic nitrogens is 1. The number of hydrogen-bond donors (Lipinski definition) is 1. The van der Waals surface area contributed by atoms with Gasteiger partial charge in [-0.05, 0) is 31.0 Å². The molecule has 2 rings (SSSR count). The van der Waals surface area contributed by atoms with Crippen LogP contribution in [0.3, 0.4) is 0 Å². The molecular formula is C14H16FNO2S. The molecule has 0 bridgehead atoms. The Morgan fingerprint density at radius 2 is 2.26 bits per heavy atom. The summed E-state index contributed by atoms with van der Waals surface area (Å²) in [6.45, 7) is 3.89. The molecule has 2 aromatic rings. The van der Waals surface area contributed by atoms with Crippen LogP contribution in [0.1, 0.15) is 36.2 Å². The highest BCUT2D eigenvalue weighted by Crippen LogP contribution is 2.23. The molecule has 1 N–H and O–H groups in total. The molecule has 1 heterocycles. The number of ether oxygens (including phenoxy) is 1. The highest BCUT2D eigenvalue weighted by molar-refractivity contribution is 7.09. The average Bonchev–Trinajstić information content (AvgIpc) is 2.85. The first-order valence-corrected chi connectivity index (χ1v) is 7.01. The molecule has 0 unspecified atom stereocenters. The van der Waals surface area contributed by atoms with Gasteiger partial charge >= 0.3 is 0 Å². The van der Waals surface area contributed by atoms with Gasteiger partial charge in [-0.15, -0.1) is 11.3 Å². The van der Waals surface area contributed by atoms with Gasteiger partial charge in [-0.25, -0.2) is 9.37 Å². The Hall–Kier alpha value is -1.46. The van der Waals surface area contributed by atoms with Crippen LogP contribution in [-0.2, 0) is 13.0 Å². The second-order valence-corrected chi connectivity index (χ2v) is 5.18. The number of aryl methyl sites for hydroxylation is 1. The number of benzene rings is 1. The smallest absolute Gasteiger partial charge is 0.165 e. The van der Waals surface area contributed by atoms with Crippen LogP contribution < -0.4 is 4.74 Å². The van der Waals surface area contributed by atoms with Gasteiger partial charge < -0.3 is 9.84 Å². The Bertz CT molecular complexity index is 554. The Morgan fingerprint density at radius 3 is 2.84 bits per heavy atom. The monoisotopic (exact) mass is 281 g/mol. The van der Waals surface area contributed by atoms with Crippen LogP contribution in [0, 0.1) is 5.82 Å². The fraction of sp³-hybridized carbons (Fsp3) is 0.357. The molecule has 1 atom stereocenters. The first kappa shape index (κ1) is 14.0. The second-order valence-electron chi connectivity index (χ2n) is 4.24. The summed E-state index contributed by atoms with van der Waals surface area (Å²) in [6, 6.07) is 4.48. The van der Waals surface area contributed by atoms with Gasteiger partial charge in [-0.2, -0.15) is 0 Å². The molecule has 0 aliphatic heterocycles. The molecule has 0 aliphatic carbocycles. The van der Waals surface area contributed by atoms with Crippen molar-refractivity contribution in [3.63, 3.8) is 0 Å². The van der Waals surface area contributed by atoms with Crippen molar-refractivity contribution in [1.29, 1.82) is 0 Å². The zero-order chi connectivity index (χ0) is 13.8. The molecule has 1 aromatic carbocycles. The molecule has 0 saturated heterocycles. The van der Waals surface area contributed by atoms with E-state index in [4.69, 9.17) is 4.74 Å². The van der Waals surface area contributed by atoms with Crippen LogP contribution >= 0.6 is 11.3 Å². The van der Waals surface area contributed by atoms with Crippen LogP contribution in [0.5, 0.6) is 5.75 Å². The fourth-order valence-electron chi connectivity index (χ4n) is 1.62. The van der Waals surface area contributed by atoms with Gasteiger partial charge in [0.15, 0.2) is 11.6 Å². The Balaban J connectivity index is 2.03. The van der Waals surface area contributed by atoms with Gasteiger partial charge in [0.1, 0.15) is 6.61 Å². The summed E-state index contributed by atoms with van der Waals surface area (Å²) in [4.78, 5) is 4.35. The fourth-order valence-corrected chi connectivity index (χ4v) is 2.35. The first-order valence-electron chi connectivity index (χ1n) is 6.13. The number of halogens is 1. The van der Waals surface area contributed by atoms with E-state index >= 15 is 0 Å². The van der Waals surface area contributed by atoms with Gasteiger partial charge in [0.2, 0.25) is 0 Å². The largest absolute Gasteiger partial charge is 0.484 e. The first-order chi connectivity index (χ1) is 9.10.